The first-order valence-corrected chi connectivity index (χ1v) is 5.86. The van der Waals surface area contributed by atoms with Crippen molar-refractivity contribution in [2.45, 2.75) is 25.8 Å². The molecule has 0 saturated carbocycles. The maximum absolute atomic E-state index is 5.43. The van der Waals surface area contributed by atoms with Gasteiger partial charge in [-0.2, -0.15) is 4.52 Å². The van der Waals surface area contributed by atoms with Gasteiger partial charge in [0.1, 0.15) is 5.82 Å². The lowest BCUT2D eigenvalue weighted by atomic mass is 10.1. The second kappa shape index (κ2) is 4.29. The minimum atomic E-state index is 0.352. The highest BCUT2D eigenvalue weighted by molar-refractivity contribution is 5.44. The van der Waals surface area contributed by atoms with Crippen LogP contribution < -0.4 is 5.32 Å². The Balaban J connectivity index is 1.82. The summed E-state index contributed by atoms with van der Waals surface area (Å²) in [5.74, 6) is 1.64. The Labute approximate surface area is 99.0 Å². The first-order chi connectivity index (χ1) is 8.33. The van der Waals surface area contributed by atoms with Gasteiger partial charge in [0.05, 0.1) is 12.6 Å². The second-order valence-electron chi connectivity index (χ2n) is 4.29. The SMILES string of the molecule is Cc1nnc2ccc(NC3CCCOC3)nn12. The molecule has 6 heteroatoms. The predicted molar refractivity (Wildman–Crippen MR) is 63.0 cm³/mol. The summed E-state index contributed by atoms with van der Waals surface area (Å²) in [4.78, 5) is 0. The van der Waals surface area contributed by atoms with E-state index >= 15 is 0 Å². The molecule has 2 aromatic heterocycles. The molecule has 1 aliphatic heterocycles. The third-order valence-corrected chi connectivity index (χ3v) is 2.93. The van der Waals surface area contributed by atoms with Gasteiger partial charge in [-0.15, -0.1) is 15.3 Å². The van der Waals surface area contributed by atoms with Crippen molar-refractivity contribution < 1.29 is 4.74 Å². The summed E-state index contributed by atoms with van der Waals surface area (Å²) in [6, 6.07) is 4.20. The summed E-state index contributed by atoms with van der Waals surface area (Å²) >= 11 is 0. The Morgan fingerprint density at radius 3 is 3.18 bits per heavy atom. The largest absolute Gasteiger partial charge is 0.379 e. The van der Waals surface area contributed by atoms with E-state index in [0.29, 0.717) is 6.04 Å². The Hall–Kier alpha value is -1.69. The van der Waals surface area contributed by atoms with Gasteiger partial charge in [0, 0.05) is 6.61 Å². The number of hydrogen-bond acceptors (Lipinski definition) is 5. The lowest BCUT2D eigenvalue weighted by Gasteiger charge is -2.23. The van der Waals surface area contributed by atoms with Crippen LogP contribution in [0.3, 0.4) is 0 Å². The number of ether oxygens (including phenoxy) is 1. The minimum absolute atomic E-state index is 0.352. The molecule has 1 saturated heterocycles. The quantitative estimate of drug-likeness (QED) is 0.839. The number of anilines is 1. The van der Waals surface area contributed by atoms with E-state index in [4.69, 9.17) is 4.74 Å². The van der Waals surface area contributed by atoms with Crippen molar-refractivity contribution in [2.75, 3.05) is 18.5 Å². The summed E-state index contributed by atoms with van der Waals surface area (Å²) in [5, 5.41) is 15.8. The van der Waals surface area contributed by atoms with Gasteiger partial charge in [-0.25, -0.2) is 0 Å². The summed E-state index contributed by atoms with van der Waals surface area (Å²) < 4.78 is 7.17. The average molecular weight is 233 g/mol. The van der Waals surface area contributed by atoms with Crippen LogP contribution in [0.1, 0.15) is 18.7 Å². The fourth-order valence-electron chi connectivity index (χ4n) is 2.04. The topological polar surface area (TPSA) is 64.3 Å². The zero-order valence-electron chi connectivity index (χ0n) is 9.76. The minimum Gasteiger partial charge on any atom is -0.379 e. The van der Waals surface area contributed by atoms with Crippen molar-refractivity contribution in [3.8, 4) is 0 Å². The van der Waals surface area contributed by atoms with E-state index in [-0.39, 0.29) is 0 Å². The number of aromatic nitrogens is 4. The highest BCUT2D eigenvalue weighted by Gasteiger charge is 2.14. The molecule has 1 fully saturated rings. The van der Waals surface area contributed by atoms with Crippen LogP contribution >= 0.6 is 0 Å². The Morgan fingerprint density at radius 1 is 1.41 bits per heavy atom. The van der Waals surface area contributed by atoms with E-state index in [1.807, 2.05) is 19.1 Å². The molecule has 3 heterocycles. The maximum atomic E-state index is 5.43. The van der Waals surface area contributed by atoms with E-state index in [0.717, 1.165) is 43.3 Å². The van der Waals surface area contributed by atoms with Crippen LogP contribution in [0.2, 0.25) is 0 Å². The van der Waals surface area contributed by atoms with Gasteiger partial charge in [0.25, 0.3) is 0 Å². The molecule has 2 aromatic rings. The lowest BCUT2D eigenvalue weighted by molar-refractivity contribution is 0.0875. The van der Waals surface area contributed by atoms with Crippen LogP contribution in [-0.2, 0) is 4.74 Å². The highest BCUT2D eigenvalue weighted by Crippen LogP contribution is 2.13. The zero-order chi connectivity index (χ0) is 11.7. The first-order valence-electron chi connectivity index (χ1n) is 5.86. The molecule has 1 unspecified atom stereocenters. The van der Waals surface area contributed by atoms with Crippen molar-refractivity contribution in [2.24, 2.45) is 0 Å². The lowest BCUT2D eigenvalue weighted by Crippen LogP contribution is -2.30. The summed E-state index contributed by atoms with van der Waals surface area (Å²) in [6.07, 6.45) is 2.23. The molecular weight excluding hydrogens is 218 g/mol. The van der Waals surface area contributed by atoms with Crippen LogP contribution in [0, 0.1) is 6.92 Å². The molecule has 1 N–H and O–H groups in total. The molecule has 90 valence electrons. The summed E-state index contributed by atoms with van der Waals surface area (Å²) in [7, 11) is 0. The number of nitrogens with one attached hydrogen (secondary N) is 1. The molecule has 1 aliphatic rings. The van der Waals surface area contributed by atoms with Gasteiger partial charge < -0.3 is 10.1 Å². The number of nitrogens with zero attached hydrogens (tertiary/aromatic N) is 4. The van der Waals surface area contributed by atoms with Crippen LogP contribution in [0.25, 0.3) is 5.65 Å². The predicted octanol–water partition coefficient (Wildman–Crippen LogP) is 1.02. The van der Waals surface area contributed by atoms with Gasteiger partial charge in [0.2, 0.25) is 0 Å². The van der Waals surface area contributed by atoms with Crippen LogP contribution in [0.5, 0.6) is 0 Å². The van der Waals surface area contributed by atoms with Gasteiger partial charge in [-0.3, -0.25) is 0 Å². The summed E-state index contributed by atoms with van der Waals surface area (Å²) in [6.45, 7) is 3.51. The maximum Gasteiger partial charge on any atom is 0.178 e. The number of rotatable bonds is 2. The van der Waals surface area contributed by atoms with Crippen molar-refractivity contribution in [3.05, 3.63) is 18.0 Å². The van der Waals surface area contributed by atoms with Crippen molar-refractivity contribution in [1.82, 2.24) is 19.8 Å². The summed E-state index contributed by atoms with van der Waals surface area (Å²) in [5.41, 5.74) is 0.771. The Morgan fingerprint density at radius 2 is 2.35 bits per heavy atom. The average Bonchev–Trinajstić information content (AvgIpc) is 2.73. The van der Waals surface area contributed by atoms with Gasteiger partial charge in [0.15, 0.2) is 11.5 Å². The number of aryl methyl sites for hydroxylation is 1. The van der Waals surface area contributed by atoms with Crippen molar-refractivity contribution in [3.63, 3.8) is 0 Å². The molecule has 17 heavy (non-hydrogen) atoms. The van der Waals surface area contributed by atoms with Crippen molar-refractivity contribution >= 4 is 11.5 Å². The molecule has 0 bridgehead atoms. The van der Waals surface area contributed by atoms with E-state index in [2.05, 4.69) is 20.6 Å². The van der Waals surface area contributed by atoms with E-state index in [9.17, 15) is 0 Å². The molecule has 6 nitrogen and oxygen atoms in total. The molecule has 0 amide bonds. The second-order valence-corrected chi connectivity index (χ2v) is 4.29. The standard InChI is InChI=1S/C11H15N5O/c1-8-13-14-11-5-4-10(15-16(8)11)12-9-3-2-6-17-7-9/h4-5,9H,2-3,6-7H2,1H3,(H,12,15). The fourth-order valence-corrected chi connectivity index (χ4v) is 2.04. The highest BCUT2D eigenvalue weighted by atomic mass is 16.5. The molecule has 3 rings (SSSR count). The Bertz CT molecular complexity index is 518. The van der Waals surface area contributed by atoms with Crippen LogP contribution in [-0.4, -0.2) is 39.1 Å². The number of fused-ring (bicyclic) bond motifs is 1. The third-order valence-electron chi connectivity index (χ3n) is 2.93. The smallest absolute Gasteiger partial charge is 0.178 e. The monoisotopic (exact) mass is 233 g/mol. The zero-order valence-corrected chi connectivity index (χ0v) is 9.76. The molecule has 1 atom stereocenters. The van der Waals surface area contributed by atoms with Crippen molar-refractivity contribution in [1.29, 1.82) is 0 Å². The van der Waals surface area contributed by atoms with Gasteiger partial charge in [-0.1, -0.05) is 0 Å². The molecule has 0 spiro atoms. The Kier molecular flexibility index (Phi) is 2.64. The number of hydrogen-bond donors (Lipinski definition) is 1. The van der Waals surface area contributed by atoms with Gasteiger partial charge in [-0.05, 0) is 31.9 Å². The molecule has 0 aromatic carbocycles. The fraction of sp³-hybridized carbons (Fsp3) is 0.545. The molecule has 0 radical (unpaired) electrons. The van der Waals surface area contributed by atoms with E-state index in [1.54, 1.807) is 4.52 Å². The van der Waals surface area contributed by atoms with E-state index < -0.39 is 0 Å². The van der Waals surface area contributed by atoms with E-state index in [1.165, 1.54) is 0 Å². The molecular formula is C11H15N5O. The molecule has 0 aliphatic carbocycles. The third kappa shape index (κ3) is 2.08. The van der Waals surface area contributed by atoms with Crippen LogP contribution in [0.4, 0.5) is 5.82 Å². The van der Waals surface area contributed by atoms with Gasteiger partial charge >= 0.3 is 0 Å². The normalized spacial score (nSPS) is 20.6. The first kappa shape index (κ1) is 10.5. The van der Waals surface area contributed by atoms with Crippen LogP contribution in [0.15, 0.2) is 12.1 Å².